The van der Waals surface area contributed by atoms with Crippen LogP contribution in [0.3, 0.4) is 0 Å². The Balaban J connectivity index is 1.45. The number of hydrogen-bond acceptors (Lipinski definition) is 9. The van der Waals surface area contributed by atoms with Gasteiger partial charge in [-0.1, -0.05) is 18.7 Å². The van der Waals surface area contributed by atoms with Crippen molar-refractivity contribution >= 4 is 62.4 Å². The van der Waals surface area contributed by atoms with Crippen LogP contribution < -0.4 is 32.3 Å². The lowest BCUT2D eigenvalue weighted by Gasteiger charge is -2.42. The number of para-hydroxylation sites is 2. The molecule has 36 heavy (non-hydrogen) atoms. The zero-order chi connectivity index (χ0) is 25.9. The van der Waals surface area contributed by atoms with Crippen LogP contribution in [0.1, 0.15) is 42.1 Å². The number of hydrogen-bond donors (Lipinski definition) is 5. The summed E-state index contributed by atoms with van der Waals surface area (Å²) in [5.74, 6) is -0.772. The molecular formula is C25H31N7O2S2. The quantitative estimate of drug-likeness (QED) is 0.270. The standard InChI is InChI=1S/C25H31N7O2S2/c1-15(2)31-25(23(27)34)9-11-32(12-10-25)20-7-5-4-6-17(20)28-16(3)19-14-36-24(30-19)29-18-8-13-35-21(18)22(26)33/h4-8,13-15,28,31H,3,9-12H2,1-2H3,(H2,26,33)(H2,27,34)(H,29,30). The van der Waals surface area contributed by atoms with E-state index in [9.17, 15) is 9.59 Å². The predicted molar refractivity (Wildman–Crippen MR) is 149 cm³/mol. The number of primary amides is 2. The molecule has 4 rings (SSSR count). The van der Waals surface area contributed by atoms with Crippen molar-refractivity contribution in [1.29, 1.82) is 0 Å². The predicted octanol–water partition coefficient (Wildman–Crippen LogP) is 3.95. The van der Waals surface area contributed by atoms with E-state index in [1.54, 1.807) is 11.4 Å². The maximum Gasteiger partial charge on any atom is 0.260 e. The van der Waals surface area contributed by atoms with Crippen LogP contribution in [0.4, 0.5) is 22.2 Å². The molecule has 0 atom stereocenters. The summed E-state index contributed by atoms with van der Waals surface area (Å²) in [6, 6.07) is 9.98. The van der Waals surface area contributed by atoms with E-state index in [0.717, 1.165) is 11.4 Å². The van der Waals surface area contributed by atoms with Crippen molar-refractivity contribution < 1.29 is 9.59 Å². The van der Waals surface area contributed by atoms with Gasteiger partial charge >= 0.3 is 0 Å². The van der Waals surface area contributed by atoms with E-state index in [1.807, 2.05) is 37.4 Å². The van der Waals surface area contributed by atoms with E-state index in [-0.39, 0.29) is 11.9 Å². The lowest BCUT2D eigenvalue weighted by Crippen LogP contribution is -2.62. The molecule has 0 bridgehead atoms. The average Bonchev–Trinajstić information content (AvgIpc) is 3.50. The number of thiazole rings is 1. The first kappa shape index (κ1) is 25.7. The minimum atomic E-state index is -0.683. The van der Waals surface area contributed by atoms with Crippen molar-refractivity contribution in [3.05, 3.63) is 58.2 Å². The summed E-state index contributed by atoms with van der Waals surface area (Å²) in [4.78, 5) is 31.2. The maximum atomic E-state index is 12.3. The van der Waals surface area contributed by atoms with E-state index in [4.69, 9.17) is 11.5 Å². The van der Waals surface area contributed by atoms with Crippen LogP contribution in [0.5, 0.6) is 0 Å². The maximum absolute atomic E-state index is 12.3. The highest BCUT2D eigenvalue weighted by Crippen LogP contribution is 2.34. The number of rotatable bonds is 10. The Hall–Kier alpha value is -3.41. The molecule has 0 aliphatic carbocycles. The van der Waals surface area contributed by atoms with Gasteiger partial charge in [0.2, 0.25) is 5.91 Å². The number of nitrogens with one attached hydrogen (secondary N) is 3. The minimum absolute atomic E-state index is 0.168. The van der Waals surface area contributed by atoms with Crippen LogP contribution >= 0.6 is 22.7 Å². The normalized spacial score (nSPS) is 15.0. The van der Waals surface area contributed by atoms with Gasteiger partial charge in [-0.3, -0.25) is 9.59 Å². The van der Waals surface area contributed by atoms with E-state index in [1.165, 1.54) is 22.7 Å². The number of carbonyl (C=O) groups excluding carboxylic acids is 2. The summed E-state index contributed by atoms with van der Waals surface area (Å²) < 4.78 is 0. The number of aromatic nitrogens is 1. The molecule has 1 aromatic carbocycles. The van der Waals surface area contributed by atoms with E-state index in [0.29, 0.717) is 53.0 Å². The summed E-state index contributed by atoms with van der Waals surface area (Å²) in [5.41, 5.74) is 14.5. The fourth-order valence-corrected chi connectivity index (χ4v) is 5.85. The molecule has 0 saturated carbocycles. The molecule has 7 N–H and O–H groups in total. The SMILES string of the molecule is C=C(Nc1ccccc1N1CCC(NC(C)C)(C(N)=O)CC1)c1csc(Nc2ccsc2C(N)=O)n1. The summed E-state index contributed by atoms with van der Waals surface area (Å²) in [5, 5.41) is 14.3. The summed E-state index contributed by atoms with van der Waals surface area (Å²) >= 11 is 2.70. The summed E-state index contributed by atoms with van der Waals surface area (Å²) in [7, 11) is 0. The molecule has 0 spiro atoms. The molecule has 2 amide bonds. The third kappa shape index (κ3) is 5.53. The molecule has 9 nitrogen and oxygen atoms in total. The molecule has 0 radical (unpaired) electrons. The number of benzene rings is 1. The zero-order valence-corrected chi connectivity index (χ0v) is 22.0. The Kier molecular flexibility index (Phi) is 7.62. The molecule has 3 heterocycles. The number of piperidine rings is 1. The monoisotopic (exact) mass is 525 g/mol. The second-order valence-electron chi connectivity index (χ2n) is 9.04. The van der Waals surface area contributed by atoms with Crippen LogP contribution in [-0.4, -0.2) is 41.5 Å². The first-order valence-corrected chi connectivity index (χ1v) is 13.4. The molecule has 1 aliphatic rings. The topological polar surface area (TPSA) is 138 Å². The summed E-state index contributed by atoms with van der Waals surface area (Å²) in [6.07, 6.45) is 1.26. The molecule has 1 aliphatic heterocycles. The molecule has 2 aromatic heterocycles. The number of nitrogens with two attached hydrogens (primary N) is 2. The molecule has 1 saturated heterocycles. The minimum Gasteiger partial charge on any atom is -0.370 e. The van der Waals surface area contributed by atoms with E-state index < -0.39 is 11.4 Å². The number of thiophene rings is 1. The van der Waals surface area contributed by atoms with Gasteiger partial charge in [0.15, 0.2) is 5.13 Å². The third-order valence-corrected chi connectivity index (χ3v) is 7.81. The van der Waals surface area contributed by atoms with Gasteiger partial charge in [-0.2, -0.15) is 0 Å². The second-order valence-corrected chi connectivity index (χ2v) is 10.8. The number of nitrogens with zero attached hydrogens (tertiary/aromatic N) is 2. The Labute approximate surface area is 218 Å². The molecule has 190 valence electrons. The molecule has 0 unspecified atom stereocenters. The zero-order valence-electron chi connectivity index (χ0n) is 20.3. The van der Waals surface area contributed by atoms with E-state index in [2.05, 4.69) is 38.5 Å². The molecular weight excluding hydrogens is 494 g/mol. The number of amides is 2. The molecule has 11 heteroatoms. The first-order valence-electron chi connectivity index (χ1n) is 11.7. The highest BCUT2D eigenvalue weighted by Gasteiger charge is 2.40. The Morgan fingerprint density at radius 2 is 1.83 bits per heavy atom. The van der Waals surface area contributed by atoms with Crippen molar-refractivity contribution in [2.24, 2.45) is 11.5 Å². The van der Waals surface area contributed by atoms with Crippen LogP contribution in [0, 0.1) is 0 Å². The van der Waals surface area contributed by atoms with Crippen LogP contribution in [0.15, 0.2) is 47.7 Å². The van der Waals surface area contributed by atoms with Gasteiger partial charge in [0.05, 0.1) is 28.5 Å². The van der Waals surface area contributed by atoms with Gasteiger partial charge in [0.25, 0.3) is 5.91 Å². The Bertz CT molecular complexity index is 1260. The third-order valence-electron chi connectivity index (χ3n) is 6.13. The highest BCUT2D eigenvalue weighted by molar-refractivity contribution is 7.14. The van der Waals surface area contributed by atoms with Gasteiger partial charge in [-0.15, -0.1) is 22.7 Å². The van der Waals surface area contributed by atoms with Crippen LogP contribution in [0.25, 0.3) is 5.70 Å². The smallest absolute Gasteiger partial charge is 0.260 e. The highest BCUT2D eigenvalue weighted by atomic mass is 32.1. The van der Waals surface area contributed by atoms with Gasteiger partial charge in [0, 0.05) is 24.5 Å². The number of carbonyl (C=O) groups is 2. The van der Waals surface area contributed by atoms with Gasteiger partial charge < -0.3 is 32.3 Å². The fraction of sp³-hybridized carbons (Fsp3) is 0.320. The lowest BCUT2D eigenvalue weighted by atomic mass is 9.85. The average molecular weight is 526 g/mol. The van der Waals surface area contributed by atoms with Gasteiger partial charge in [-0.25, -0.2) is 4.98 Å². The van der Waals surface area contributed by atoms with Crippen LogP contribution in [-0.2, 0) is 4.79 Å². The fourth-order valence-electron chi connectivity index (χ4n) is 4.41. The van der Waals surface area contributed by atoms with Crippen molar-refractivity contribution in [2.75, 3.05) is 28.6 Å². The summed E-state index contributed by atoms with van der Waals surface area (Å²) in [6.45, 7) is 9.63. The van der Waals surface area contributed by atoms with Crippen molar-refractivity contribution in [1.82, 2.24) is 10.3 Å². The Morgan fingerprint density at radius 3 is 2.50 bits per heavy atom. The van der Waals surface area contributed by atoms with Crippen LogP contribution in [0.2, 0.25) is 0 Å². The second kappa shape index (κ2) is 10.7. The van der Waals surface area contributed by atoms with E-state index >= 15 is 0 Å². The first-order chi connectivity index (χ1) is 17.2. The van der Waals surface area contributed by atoms with Crippen molar-refractivity contribution in [3.63, 3.8) is 0 Å². The molecule has 3 aromatic rings. The lowest BCUT2D eigenvalue weighted by molar-refractivity contribution is -0.125. The largest absolute Gasteiger partial charge is 0.370 e. The van der Waals surface area contributed by atoms with Gasteiger partial charge in [0.1, 0.15) is 10.4 Å². The van der Waals surface area contributed by atoms with Gasteiger partial charge in [-0.05, 0) is 50.3 Å². The Morgan fingerprint density at radius 1 is 1.11 bits per heavy atom. The van der Waals surface area contributed by atoms with Crippen molar-refractivity contribution in [3.8, 4) is 0 Å². The molecule has 1 fully saturated rings. The number of anilines is 4. The van der Waals surface area contributed by atoms with Crippen molar-refractivity contribution in [2.45, 2.75) is 38.3 Å².